The maximum absolute atomic E-state index is 13.0. The number of carbonyl (C=O) groups excluding carboxylic acids is 1. The minimum Gasteiger partial charge on any atom is -0.356 e. The van der Waals surface area contributed by atoms with E-state index in [1.165, 1.54) is 17.7 Å². The molecule has 0 bridgehead atoms. The fourth-order valence-corrected chi connectivity index (χ4v) is 3.75. The largest absolute Gasteiger partial charge is 0.356 e. The molecule has 0 spiro atoms. The zero-order valence-corrected chi connectivity index (χ0v) is 15.5. The number of amides is 1. The summed E-state index contributed by atoms with van der Waals surface area (Å²) < 4.78 is 13.0. The maximum Gasteiger partial charge on any atom is 0.220 e. The summed E-state index contributed by atoms with van der Waals surface area (Å²) in [6, 6.07) is 16.4. The number of rotatable bonds is 7. The van der Waals surface area contributed by atoms with Crippen molar-refractivity contribution in [3.8, 4) is 10.6 Å². The van der Waals surface area contributed by atoms with E-state index < -0.39 is 0 Å². The molecule has 1 heterocycles. The molecule has 0 fully saturated rings. The number of carbonyl (C=O) groups is 1. The first-order chi connectivity index (χ1) is 12.6. The van der Waals surface area contributed by atoms with Gasteiger partial charge in [-0.05, 0) is 43.2 Å². The molecule has 0 aliphatic carbocycles. The summed E-state index contributed by atoms with van der Waals surface area (Å²) in [7, 11) is 0. The zero-order valence-electron chi connectivity index (χ0n) is 14.7. The minimum absolute atomic E-state index is 0.0646. The lowest BCUT2D eigenvalue weighted by atomic mass is 10.1. The highest BCUT2D eigenvalue weighted by molar-refractivity contribution is 7.15. The second-order valence-corrected chi connectivity index (χ2v) is 7.20. The van der Waals surface area contributed by atoms with Gasteiger partial charge in [0.05, 0.1) is 5.69 Å². The zero-order chi connectivity index (χ0) is 18.4. The van der Waals surface area contributed by atoms with Gasteiger partial charge < -0.3 is 5.32 Å². The van der Waals surface area contributed by atoms with Gasteiger partial charge in [-0.3, -0.25) is 4.79 Å². The molecule has 26 heavy (non-hydrogen) atoms. The van der Waals surface area contributed by atoms with Crippen molar-refractivity contribution in [3.05, 3.63) is 76.5 Å². The van der Waals surface area contributed by atoms with Crippen molar-refractivity contribution < 1.29 is 9.18 Å². The molecular weight excluding hydrogens is 347 g/mol. The molecule has 5 heteroatoms. The van der Waals surface area contributed by atoms with Crippen LogP contribution in [0.1, 0.15) is 22.6 Å². The first-order valence-electron chi connectivity index (χ1n) is 8.64. The van der Waals surface area contributed by atoms with Crippen LogP contribution in [0.3, 0.4) is 0 Å². The van der Waals surface area contributed by atoms with Gasteiger partial charge in [0.25, 0.3) is 0 Å². The van der Waals surface area contributed by atoms with Crippen LogP contribution in [0.4, 0.5) is 4.39 Å². The number of aryl methyl sites for hydroxylation is 2. The molecule has 1 N–H and O–H groups in total. The topological polar surface area (TPSA) is 42.0 Å². The molecule has 0 saturated heterocycles. The van der Waals surface area contributed by atoms with Crippen LogP contribution in [-0.4, -0.2) is 17.4 Å². The predicted octanol–water partition coefficient (Wildman–Crippen LogP) is 4.55. The lowest BCUT2D eigenvalue weighted by molar-refractivity contribution is -0.121. The van der Waals surface area contributed by atoms with E-state index in [9.17, 15) is 9.18 Å². The Morgan fingerprint density at radius 2 is 1.81 bits per heavy atom. The van der Waals surface area contributed by atoms with Crippen LogP contribution in [0.15, 0.2) is 54.6 Å². The van der Waals surface area contributed by atoms with Crippen molar-refractivity contribution in [1.82, 2.24) is 10.3 Å². The van der Waals surface area contributed by atoms with Gasteiger partial charge in [0.15, 0.2) is 0 Å². The van der Waals surface area contributed by atoms with E-state index in [4.69, 9.17) is 0 Å². The predicted molar refractivity (Wildman–Crippen MR) is 104 cm³/mol. The van der Waals surface area contributed by atoms with Gasteiger partial charge in [-0.1, -0.05) is 30.3 Å². The average molecular weight is 368 g/mol. The van der Waals surface area contributed by atoms with E-state index in [0.29, 0.717) is 13.0 Å². The van der Waals surface area contributed by atoms with Gasteiger partial charge >= 0.3 is 0 Å². The van der Waals surface area contributed by atoms with E-state index in [1.54, 1.807) is 23.5 Å². The molecule has 2 aromatic carbocycles. The standard InChI is InChI=1S/C21H21FN2OS/c1-15-19(26-21(24-15)17-8-10-18(22)11-9-17)13-14-23-20(25)12-7-16-5-3-2-4-6-16/h2-6,8-11H,7,12-14H2,1H3,(H,23,25). The highest BCUT2D eigenvalue weighted by Gasteiger charge is 2.10. The van der Waals surface area contributed by atoms with Crippen molar-refractivity contribution in [2.45, 2.75) is 26.2 Å². The van der Waals surface area contributed by atoms with E-state index in [0.717, 1.165) is 34.0 Å². The highest BCUT2D eigenvalue weighted by atomic mass is 32.1. The Bertz CT molecular complexity index is 859. The molecule has 0 aliphatic rings. The smallest absolute Gasteiger partial charge is 0.220 e. The van der Waals surface area contributed by atoms with Gasteiger partial charge in [-0.25, -0.2) is 9.37 Å². The Balaban J connectivity index is 1.49. The van der Waals surface area contributed by atoms with Crippen LogP contribution in [0, 0.1) is 12.7 Å². The quantitative estimate of drug-likeness (QED) is 0.665. The highest BCUT2D eigenvalue weighted by Crippen LogP contribution is 2.28. The molecule has 0 aliphatic heterocycles. The Labute approximate surface area is 156 Å². The maximum atomic E-state index is 13.0. The molecule has 0 unspecified atom stereocenters. The summed E-state index contributed by atoms with van der Waals surface area (Å²) in [6.07, 6.45) is 2.00. The number of aromatic nitrogens is 1. The van der Waals surface area contributed by atoms with Crippen LogP contribution in [-0.2, 0) is 17.6 Å². The second-order valence-electron chi connectivity index (χ2n) is 6.12. The van der Waals surface area contributed by atoms with Crippen LogP contribution in [0.2, 0.25) is 0 Å². The summed E-state index contributed by atoms with van der Waals surface area (Å²) >= 11 is 1.60. The molecule has 0 saturated carbocycles. The van der Waals surface area contributed by atoms with Gasteiger partial charge in [-0.15, -0.1) is 11.3 Å². The van der Waals surface area contributed by atoms with Gasteiger partial charge in [0.2, 0.25) is 5.91 Å². The summed E-state index contributed by atoms with van der Waals surface area (Å²) in [6.45, 7) is 2.57. The third-order valence-corrected chi connectivity index (χ3v) is 5.41. The SMILES string of the molecule is Cc1nc(-c2ccc(F)cc2)sc1CCNC(=O)CCc1ccccc1. The Kier molecular flexibility index (Phi) is 6.12. The van der Waals surface area contributed by atoms with Crippen LogP contribution in [0.5, 0.6) is 0 Å². The molecule has 3 aromatic rings. The lowest BCUT2D eigenvalue weighted by Gasteiger charge is -2.05. The summed E-state index contributed by atoms with van der Waals surface area (Å²) in [5.41, 5.74) is 3.05. The summed E-state index contributed by atoms with van der Waals surface area (Å²) in [4.78, 5) is 17.7. The number of hydrogen-bond donors (Lipinski definition) is 1. The minimum atomic E-state index is -0.250. The molecule has 1 amide bonds. The molecule has 3 nitrogen and oxygen atoms in total. The first-order valence-corrected chi connectivity index (χ1v) is 9.46. The molecule has 134 valence electrons. The van der Waals surface area contributed by atoms with E-state index in [1.807, 2.05) is 37.3 Å². The molecule has 0 atom stereocenters. The number of benzene rings is 2. The first kappa shape index (κ1) is 18.3. The fourth-order valence-electron chi connectivity index (χ4n) is 2.68. The third-order valence-electron chi connectivity index (χ3n) is 4.14. The van der Waals surface area contributed by atoms with E-state index >= 15 is 0 Å². The monoisotopic (exact) mass is 368 g/mol. The van der Waals surface area contributed by atoms with Gasteiger partial charge in [0, 0.05) is 29.8 Å². The Morgan fingerprint density at radius 1 is 1.08 bits per heavy atom. The molecule has 1 aromatic heterocycles. The van der Waals surface area contributed by atoms with Gasteiger partial charge in [0.1, 0.15) is 10.8 Å². The summed E-state index contributed by atoms with van der Waals surface area (Å²) in [5, 5.41) is 3.86. The number of halogens is 1. The van der Waals surface area contributed by atoms with Crippen LogP contribution >= 0.6 is 11.3 Å². The molecule has 0 radical (unpaired) electrons. The Morgan fingerprint density at radius 3 is 2.54 bits per heavy atom. The van der Waals surface area contributed by atoms with E-state index in [2.05, 4.69) is 10.3 Å². The summed E-state index contributed by atoms with van der Waals surface area (Å²) in [5.74, 6) is -0.185. The number of nitrogens with one attached hydrogen (secondary N) is 1. The van der Waals surface area contributed by atoms with E-state index in [-0.39, 0.29) is 11.7 Å². The second kappa shape index (κ2) is 8.72. The van der Waals surface area contributed by atoms with Crippen molar-refractivity contribution in [3.63, 3.8) is 0 Å². The Hall–Kier alpha value is -2.53. The van der Waals surface area contributed by atoms with Crippen molar-refractivity contribution in [2.75, 3.05) is 6.54 Å². The average Bonchev–Trinajstić information content (AvgIpc) is 3.02. The number of thiazole rings is 1. The van der Waals surface area contributed by atoms with Crippen molar-refractivity contribution in [2.24, 2.45) is 0 Å². The van der Waals surface area contributed by atoms with Crippen LogP contribution in [0.25, 0.3) is 10.6 Å². The lowest BCUT2D eigenvalue weighted by Crippen LogP contribution is -2.25. The number of hydrogen-bond acceptors (Lipinski definition) is 3. The normalized spacial score (nSPS) is 10.7. The molecule has 3 rings (SSSR count). The fraction of sp³-hybridized carbons (Fsp3) is 0.238. The van der Waals surface area contributed by atoms with Crippen molar-refractivity contribution >= 4 is 17.2 Å². The van der Waals surface area contributed by atoms with Crippen molar-refractivity contribution in [1.29, 1.82) is 0 Å². The third kappa shape index (κ3) is 4.99. The number of nitrogens with zero attached hydrogens (tertiary/aromatic N) is 1. The molecular formula is C21H21FN2OS. The van der Waals surface area contributed by atoms with Crippen LogP contribution < -0.4 is 5.32 Å². The van der Waals surface area contributed by atoms with Gasteiger partial charge in [-0.2, -0.15) is 0 Å².